The molecule has 2 amide bonds. The van der Waals surface area contributed by atoms with Crippen molar-refractivity contribution in [3.8, 4) is 0 Å². The lowest BCUT2D eigenvalue weighted by molar-refractivity contribution is -0.128. The van der Waals surface area contributed by atoms with Crippen LogP contribution in [0, 0.1) is 12.8 Å². The van der Waals surface area contributed by atoms with Gasteiger partial charge in [-0.15, -0.1) is 0 Å². The van der Waals surface area contributed by atoms with Crippen LogP contribution in [0.25, 0.3) is 0 Å². The summed E-state index contributed by atoms with van der Waals surface area (Å²) in [5, 5.41) is 2.75. The Labute approximate surface area is 123 Å². The van der Waals surface area contributed by atoms with E-state index in [2.05, 4.69) is 10.3 Å². The zero-order valence-electron chi connectivity index (χ0n) is 12.4. The Morgan fingerprint density at radius 1 is 1.43 bits per heavy atom. The molecule has 2 heterocycles. The number of nitrogens with one attached hydrogen (secondary N) is 2. The Hall–Kier alpha value is -2.11. The first-order chi connectivity index (χ1) is 9.97. The monoisotopic (exact) mass is 291 g/mol. The fraction of sp³-hybridized carbons (Fsp3) is 0.533. The molecule has 1 aromatic rings. The molecule has 0 aromatic carbocycles. The van der Waals surface area contributed by atoms with Crippen LogP contribution in [0.5, 0.6) is 0 Å². The van der Waals surface area contributed by atoms with E-state index in [0.717, 1.165) is 18.7 Å². The van der Waals surface area contributed by atoms with E-state index < -0.39 is 0 Å². The molecule has 0 saturated carbocycles. The molecular formula is C15H21N3O3. The van der Waals surface area contributed by atoms with E-state index in [0.29, 0.717) is 19.5 Å². The minimum absolute atomic E-state index is 0.116. The molecule has 1 saturated heterocycles. The van der Waals surface area contributed by atoms with Crippen molar-refractivity contribution in [2.45, 2.75) is 26.7 Å². The minimum Gasteiger partial charge on any atom is -0.352 e. The highest BCUT2D eigenvalue weighted by molar-refractivity contribution is 5.93. The first-order valence-corrected chi connectivity index (χ1v) is 7.23. The molecule has 1 aromatic heterocycles. The highest BCUT2D eigenvalue weighted by atomic mass is 16.2. The first-order valence-electron chi connectivity index (χ1n) is 7.23. The molecule has 0 spiro atoms. The number of carbonyl (C=O) groups is 2. The first kappa shape index (κ1) is 15.3. The van der Waals surface area contributed by atoms with Crippen molar-refractivity contribution in [2.75, 3.05) is 19.6 Å². The number of rotatable bonds is 5. The molecule has 0 bridgehead atoms. The quantitative estimate of drug-likeness (QED) is 0.836. The third kappa shape index (κ3) is 3.93. The molecule has 1 aliphatic heterocycles. The number of pyridine rings is 1. The van der Waals surface area contributed by atoms with Gasteiger partial charge in [0.25, 0.3) is 11.5 Å². The third-order valence-electron chi connectivity index (χ3n) is 3.61. The van der Waals surface area contributed by atoms with E-state index in [-0.39, 0.29) is 28.9 Å². The predicted molar refractivity (Wildman–Crippen MR) is 79.1 cm³/mol. The number of likely N-dealkylation sites (tertiary alicyclic amines) is 1. The van der Waals surface area contributed by atoms with Crippen molar-refractivity contribution >= 4 is 11.8 Å². The van der Waals surface area contributed by atoms with Gasteiger partial charge in [0, 0.05) is 31.7 Å². The summed E-state index contributed by atoms with van der Waals surface area (Å²) in [6, 6.07) is 3.22. The summed E-state index contributed by atoms with van der Waals surface area (Å²) in [4.78, 5) is 39.6. The van der Waals surface area contributed by atoms with Crippen LogP contribution in [0.3, 0.4) is 0 Å². The number of carbonyl (C=O) groups excluding carboxylic acids is 2. The van der Waals surface area contributed by atoms with E-state index in [9.17, 15) is 14.4 Å². The summed E-state index contributed by atoms with van der Waals surface area (Å²) in [5.74, 6) is -0.0421. The van der Waals surface area contributed by atoms with Crippen LogP contribution in [-0.4, -0.2) is 41.3 Å². The number of H-pyrrole nitrogens is 1. The molecule has 1 atom stereocenters. The number of amides is 2. The van der Waals surface area contributed by atoms with Gasteiger partial charge in [0.1, 0.15) is 5.56 Å². The second-order valence-corrected chi connectivity index (χ2v) is 5.64. The summed E-state index contributed by atoms with van der Waals surface area (Å²) < 4.78 is 0. The molecule has 1 aliphatic rings. The van der Waals surface area contributed by atoms with Gasteiger partial charge in [0.2, 0.25) is 5.91 Å². The molecular weight excluding hydrogens is 270 g/mol. The molecule has 0 unspecified atom stereocenters. The summed E-state index contributed by atoms with van der Waals surface area (Å²) >= 11 is 0. The molecule has 6 heteroatoms. The lowest BCUT2D eigenvalue weighted by atomic mass is 10.1. The third-order valence-corrected chi connectivity index (χ3v) is 3.61. The maximum Gasteiger partial charge on any atom is 0.260 e. The number of hydrogen-bond acceptors (Lipinski definition) is 3. The predicted octanol–water partition coefficient (Wildman–Crippen LogP) is 0.672. The molecule has 1 fully saturated rings. The molecule has 0 radical (unpaired) electrons. The average molecular weight is 291 g/mol. The lowest BCUT2D eigenvalue weighted by Gasteiger charge is -2.20. The lowest BCUT2D eigenvalue weighted by Crippen LogP contribution is -2.37. The topological polar surface area (TPSA) is 82.3 Å². The van der Waals surface area contributed by atoms with Crippen LogP contribution >= 0.6 is 0 Å². The van der Waals surface area contributed by atoms with Gasteiger partial charge in [0.05, 0.1) is 0 Å². The van der Waals surface area contributed by atoms with Gasteiger partial charge in [0.15, 0.2) is 0 Å². The van der Waals surface area contributed by atoms with Crippen molar-refractivity contribution in [1.29, 1.82) is 0 Å². The fourth-order valence-electron chi connectivity index (χ4n) is 2.45. The minimum atomic E-state index is -0.380. The van der Waals surface area contributed by atoms with E-state index in [4.69, 9.17) is 0 Å². The Morgan fingerprint density at radius 2 is 2.19 bits per heavy atom. The van der Waals surface area contributed by atoms with Gasteiger partial charge in [-0.3, -0.25) is 14.4 Å². The zero-order valence-corrected chi connectivity index (χ0v) is 12.4. The fourth-order valence-corrected chi connectivity index (χ4v) is 2.45. The van der Waals surface area contributed by atoms with Gasteiger partial charge >= 0.3 is 0 Å². The van der Waals surface area contributed by atoms with Crippen LogP contribution < -0.4 is 10.9 Å². The van der Waals surface area contributed by atoms with Gasteiger partial charge < -0.3 is 15.2 Å². The van der Waals surface area contributed by atoms with E-state index in [1.165, 1.54) is 6.07 Å². The van der Waals surface area contributed by atoms with Crippen LogP contribution in [0.2, 0.25) is 0 Å². The number of nitrogens with zero attached hydrogens (tertiary/aromatic N) is 1. The second-order valence-electron chi connectivity index (χ2n) is 5.64. The van der Waals surface area contributed by atoms with Crippen molar-refractivity contribution in [3.63, 3.8) is 0 Å². The van der Waals surface area contributed by atoms with Gasteiger partial charge in [-0.2, -0.15) is 0 Å². The highest BCUT2D eigenvalue weighted by Crippen LogP contribution is 2.11. The van der Waals surface area contributed by atoms with Crippen molar-refractivity contribution in [2.24, 2.45) is 5.92 Å². The van der Waals surface area contributed by atoms with Gasteiger partial charge in [-0.25, -0.2) is 0 Å². The maximum absolute atomic E-state index is 12.0. The Morgan fingerprint density at radius 3 is 2.81 bits per heavy atom. The summed E-state index contributed by atoms with van der Waals surface area (Å²) in [6.45, 7) is 5.62. The second kappa shape index (κ2) is 6.56. The van der Waals surface area contributed by atoms with Crippen molar-refractivity contribution in [1.82, 2.24) is 15.2 Å². The largest absolute Gasteiger partial charge is 0.352 e. The number of aromatic nitrogens is 1. The average Bonchev–Trinajstić information content (AvgIpc) is 2.81. The molecule has 6 nitrogen and oxygen atoms in total. The van der Waals surface area contributed by atoms with Crippen LogP contribution in [0.1, 0.15) is 35.8 Å². The smallest absolute Gasteiger partial charge is 0.260 e. The number of aromatic amines is 1. The number of aryl methyl sites for hydroxylation is 1. The normalized spacial score (nSPS) is 16.1. The maximum atomic E-state index is 12.0. The Kier molecular flexibility index (Phi) is 4.77. The standard InChI is InChI=1S/C15H21N3O3/c1-10(9-18-7-3-4-13(18)19)8-16-14(20)12-6-5-11(2)17-15(12)21/h5-6,10H,3-4,7-9H2,1-2H3,(H,16,20)(H,17,21)/t10-/m1/s1. The number of hydrogen-bond donors (Lipinski definition) is 2. The van der Waals surface area contributed by atoms with E-state index in [1.807, 2.05) is 11.8 Å². The van der Waals surface area contributed by atoms with Gasteiger partial charge in [-0.05, 0) is 31.4 Å². The zero-order chi connectivity index (χ0) is 15.4. The Balaban J connectivity index is 1.85. The highest BCUT2D eigenvalue weighted by Gasteiger charge is 2.22. The van der Waals surface area contributed by atoms with Crippen LogP contribution in [0.4, 0.5) is 0 Å². The molecule has 2 N–H and O–H groups in total. The molecule has 0 aliphatic carbocycles. The van der Waals surface area contributed by atoms with Crippen LogP contribution in [-0.2, 0) is 4.79 Å². The molecule has 21 heavy (non-hydrogen) atoms. The summed E-state index contributed by atoms with van der Waals surface area (Å²) in [6.07, 6.45) is 1.54. The SMILES string of the molecule is Cc1ccc(C(=O)NC[C@@H](C)CN2CCCC2=O)c(=O)[nH]1. The van der Waals surface area contributed by atoms with E-state index in [1.54, 1.807) is 13.0 Å². The summed E-state index contributed by atoms with van der Waals surface area (Å²) in [7, 11) is 0. The van der Waals surface area contributed by atoms with Crippen LogP contribution in [0.15, 0.2) is 16.9 Å². The Bertz CT molecular complexity index is 594. The van der Waals surface area contributed by atoms with Gasteiger partial charge in [-0.1, -0.05) is 6.92 Å². The summed E-state index contributed by atoms with van der Waals surface area (Å²) in [5.41, 5.74) is 0.456. The molecule has 114 valence electrons. The molecule has 2 rings (SSSR count). The van der Waals surface area contributed by atoms with Crippen molar-refractivity contribution < 1.29 is 9.59 Å². The van der Waals surface area contributed by atoms with Crippen molar-refractivity contribution in [3.05, 3.63) is 33.7 Å². The van der Waals surface area contributed by atoms with E-state index >= 15 is 0 Å².